The van der Waals surface area contributed by atoms with E-state index in [1.54, 1.807) is 0 Å². The minimum absolute atomic E-state index is 0.505. The van der Waals surface area contributed by atoms with Crippen LogP contribution < -0.4 is 5.73 Å². The number of nitrogens with zero attached hydrogens (tertiary/aromatic N) is 3. The van der Waals surface area contributed by atoms with Crippen LogP contribution in [0.2, 0.25) is 0 Å². The summed E-state index contributed by atoms with van der Waals surface area (Å²) in [6.07, 6.45) is 5.26. The molecule has 2 saturated heterocycles. The molecule has 2 N–H and O–H groups in total. The second-order valence-electron chi connectivity index (χ2n) is 6.97. The Hall–Kier alpha value is -0.160. The van der Waals surface area contributed by atoms with Gasteiger partial charge in [-0.2, -0.15) is 0 Å². The molecule has 0 atom stereocenters. The van der Waals surface area contributed by atoms with E-state index in [1.807, 2.05) is 0 Å². The van der Waals surface area contributed by atoms with E-state index in [-0.39, 0.29) is 0 Å². The van der Waals surface area contributed by atoms with Crippen LogP contribution >= 0.6 is 0 Å². The van der Waals surface area contributed by atoms with Crippen molar-refractivity contribution in [2.24, 2.45) is 11.7 Å². The zero-order valence-electron chi connectivity index (χ0n) is 12.4. The van der Waals surface area contributed by atoms with Gasteiger partial charge in [-0.05, 0) is 51.7 Å². The average Bonchev–Trinajstić information content (AvgIpc) is 2.39. The highest BCUT2D eigenvalue weighted by molar-refractivity contribution is 4.87. The summed E-state index contributed by atoms with van der Waals surface area (Å²) in [7, 11) is 2.25. The molecule has 4 nitrogen and oxygen atoms in total. The first kappa shape index (κ1) is 13.8. The highest BCUT2D eigenvalue weighted by Gasteiger charge is 2.30. The van der Waals surface area contributed by atoms with Crippen molar-refractivity contribution in [1.82, 2.24) is 14.7 Å². The first-order valence-corrected chi connectivity index (χ1v) is 8.11. The molecule has 0 aromatic heterocycles. The van der Waals surface area contributed by atoms with Crippen LogP contribution in [0.15, 0.2) is 0 Å². The Bertz CT molecular complexity index is 274. The quantitative estimate of drug-likeness (QED) is 0.804. The van der Waals surface area contributed by atoms with Gasteiger partial charge in [0.05, 0.1) is 0 Å². The zero-order chi connectivity index (χ0) is 13.2. The molecule has 1 aliphatic carbocycles. The Labute approximate surface area is 117 Å². The van der Waals surface area contributed by atoms with Gasteiger partial charge < -0.3 is 15.5 Å². The molecule has 3 aliphatic rings. The summed E-state index contributed by atoms with van der Waals surface area (Å²) < 4.78 is 0. The molecule has 1 saturated carbocycles. The lowest BCUT2D eigenvalue weighted by atomic mass is 9.80. The second kappa shape index (κ2) is 6.08. The van der Waals surface area contributed by atoms with Crippen molar-refractivity contribution in [2.45, 2.75) is 37.8 Å². The molecule has 0 amide bonds. The topological polar surface area (TPSA) is 35.7 Å². The lowest BCUT2D eigenvalue weighted by Gasteiger charge is -2.44. The third kappa shape index (κ3) is 3.48. The number of hydrogen-bond acceptors (Lipinski definition) is 4. The van der Waals surface area contributed by atoms with Gasteiger partial charge in [-0.15, -0.1) is 0 Å². The molecule has 0 aromatic carbocycles. The Balaban J connectivity index is 1.37. The number of likely N-dealkylation sites (tertiary alicyclic amines) is 1. The van der Waals surface area contributed by atoms with E-state index in [0.29, 0.717) is 6.04 Å². The molecule has 2 heterocycles. The van der Waals surface area contributed by atoms with E-state index in [1.165, 1.54) is 71.5 Å². The van der Waals surface area contributed by atoms with Crippen molar-refractivity contribution in [3.63, 3.8) is 0 Å². The molecule has 110 valence electrons. The van der Waals surface area contributed by atoms with Crippen molar-refractivity contribution in [3.05, 3.63) is 0 Å². The largest absolute Gasteiger partial charge is 0.328 e. The van der Waals surface area contributed by atoms with Crippen LogP contribution in [0.5, 0.6) is 0 Å². The van der Waals surface area contributed by atoms with Crippen molar-refractivity contribution in [2.75, 3.05) is 52.9 Å². The third-order valence-corrected chi connectivity index (χ3v) is 5.40. The third-order valence-electron chi connectivity index (χ3n) is 5.40. The van der Waals surface area contributed by atoms with Crippen LogP contribution in [-0.2, 0) is 0 Å². The van der Waals surface area contributed by atoms with E-state index in [4.69, 9.17) is 5.73 Å². The van der Waals surface area contributed by atoms with Gasteiger partial charge >= 0.3 is 0 Å². The van der Waals surface area contributed by atoms with Gasteiger partial charge in [0.25, 0.3) is 0 Å². The van der Waals surface area contributed by atoms with E-state index in [0.717, 1.165) is 12.0 Å². The summed E-state index contributed by atoms with van der Waals surface area (Å²) in [5, 5.41) is 0. The Morgan fingerprint density at radius 3 is 2.16 bits per heavy atom. The minimum atomic E-state index is 0.505. The standard InChI is InChI=1S/C15H30N4/c1-17-4-2-15(3-5-17)19-8-6-18(7-9-19)12-13-10-14(16)11-13/h13-15H,2-12,16H2,1H3/t13-,14+. The maximum atomic E-state index is 5.87. The second-order valence-corrected chi connectivity index (χ2v) is 6.97. The Kier molecular flexibility index (Phi) is 4.42. The zero-order valence-corrected chi connectivity index (χ0v) is 12.4. The fraction of sp³-hybridized carbons (Fsp3) is 1.00. The van der Waals surface area contributed by atoms with Gasteiger partial charge in [0, 0.05) is 44.8 Å². The summed E-state index contributed by atoms with van der Waals surface area (Å²) in [6, 6.07) is 1.36. The number of nitrogens with two attached hydrogens (primary N) is 1. The van der Waals surface area contributed by atoms with Crippen LogP contribution in [-0.4, -0.2) is 79.6 Å². The lowest BCUT2D eigenvalue weighted by Crippen LogP contribution is -2.54. The molecule has 0 bridgehead atoms. The molecular weight excluding hydrogens is 236 g/mol. The Morgan fingerprint density at radius 2 is 1.58 bits per heavy atom. The molecule has 4 heteroatoms. The Morgan fingerprint density at radius 1 is 0.947 bits per heavy atom. The number of piperidine rings is 1. The smallest absolute Gasteiger partial charge is 0.0121 e. The van der Waals surface area contributed by atoms with E-state index >= 15 is 0 Å². The molecular formula is C15H30N4. The molecule has 2 aliphatic heterocycles. The fourth-order valence-electron chi connectivity index (χ4n) is 3.97. The van der Waals surface area contributed by atoms with E-state index < -0.39 is 0 Å². The highest BCUT2D eigenvalue weighted by atomic mass is 15.3. The van der Waals surface area contributed by atoms with Crippen LogP contribution in [0, 0.1) is 5.92 Å². The van der Waals surface area contributed by atoms with Crippen LogP contribution in [0.25, 0.3) is 0 Å². The normalized spacial score (nSPS) is 36.3. The predicted octanol–water partition coefficient (Wildman–Crippen LogP) is 0.436. The van der Waals surface area contributed by atoms with Gasteiger partial charge in [0.1, 0.15) is 0 Å². The maximum absolute atomic E-state index is 5.87. The predicted molar refractivity (Wildman–Crippen MR) is 79.2 cm³/mol. The molecule has 0 spiro atoms. The maximum Gasteiger partial charge on any atom is 0.0121 e. The average molecular weight is 266 g/mol. The molecule has 0 unspecified atom stereocenters. The summed E-state index contributed by atoms with van der Waals surface area (Å²) in [4.78, 5) is 7.88. The van der Waals surface area contributed by atoms with Crippen LogP contribution in [0.3, 0.4) is 0 Å². The monoisotopic (exact) mass is 266 g/mol. The van der Waals surface area contributed by atoms with Crippen LogP contribution in [0.4, 0.5) is 0 Å². The molecule has 3 fully saturated rings. The first-order chi connectivity index (χ1) is 9.20. The van der Waals surface area contributed by atoms with Crippen molar-refractivity contribution < 1.29 is 0 Å². The van der Waals surface area contributed by atoms with Crippen LogP contribution in [0.1, 0.15) is 25.7 Å². The number of piperazine rings is 1. The molecule has 0 radical (unpaired) electrons. The van der Waals surface area contributed by atoms with Gasteiger partial charge in [-0.1, -0.05) is 0 Å². The summed E-state index contributed by atoms with van der Waals surface area (Å²) in [5.74, 6) is 0.893. The first-order valence-electron chi connectivity index (χ1n) is 8.11. The number of rotatable bonds is 3. The van der Waals surface area contributed by atoms with Crippen molar-refractivity contribution in [3.8, 4) is 0 Å². The van der Waals surface area contributed by atoms with Crippen molar-refractivity contribution in [1.29, 1.82) is 0 Å². The van der Waals surface area contributed by atoms with E-state index in [9.17, 15) is 0 Å². The highest BCUT2D eigenvalue weighted by Crippen LogP contribution is 2.27. The molecule has 19 heavy (non-hydrogen) atoms. The fourth-order valence-corrected chi connectivity index (χ4v) is 3.97. The van der Waals surface area contributed by atoms with Gasteiger partial charge in [0.2, 0.25) is 0 Å². The summed E-state index contributed by atoms with van der Waals surface area (Å²) in [5.41, 5.74) is 5.87. The summed E-state index contributed by atoms with van der Waals surface area (Å²) >= 11 is 0. The van der Waals surface area contributed by atoms with Gasteiger partial charge in [-0.3, -0.25) is 4.90 Å². The minimum Gasteiger partial charge on any atom is -0.328 e. The SMILES string of the molecule is CN1CCC(N2CCN(C[C@H]3C[C@@H](N)C3)CC2)CC1. The van der Waals surface area contributed by atoms with Crippen molar-refractivity contribution >= 4 is 0 Å². The van der Waals surface area contributed by atoms with Gasteiger partial charge in [0.15, 0.2) is 0 Å². The number of hydrogen-bond donors (Lipinski definition) is 1. The lowest BCUT2D eigenvalue weighted by molar-refractivity contribution is 0.0495. The molecule has 0 aromatic rings. The molecule has 3 rings (SSSR count). The van der Waals surface area contributed by atoms with E-state index in [2.05, 4.69) is 21.7 Å². The summed E-state index contributed by atoms with van der Waals surface area (Å²) in [6.45, 7) is 8.99. The van der Waals surface area contributed by atoms with Gasteiger partial charge in [-0.25, -0.2) is 0 Å².